The maximum absolute atomic E-state index is 12.5. The highest BCUT2D eigenvalue weighted by atomic mass is 32.2. The van der Waals surface area contributed by atoms with Gasteiger partial charge in [-0.2, -0.15) is 0 Å². The minimum Gasteiger partial charge on any atom is -0.256 e. The second-order valence-electron chi connectivity index (χ2n) is 6.99. The monoisotopic (exact) mass is 439 g/mol. The molecule has 0 bridgehead atoms. The molecule has 0 fully saturated rings. The van der Waals surface area contributed by atoms with Gasteiger partial charge in [-0.25, -0.2) is 28.1 Å². The van der Waals surface area contributed by atoms with Crippen molar-refractivity contribution in [1.82, 2.24) is 15.0 Å². The van der Waals surface area contributed by atoms with Crippen LogP contribution in [0.25, 0.3) is 21.8 Å². The third kappa shape index (κ3) is 3.91. The van der Waals surface area contributed by atoms with E-state index in [-0.39, 0.29) is 10.8 Å². The van der Waals surface area contributed by atoms with E-state index in [9.17, 15) is 8.42 Å². The molecule has 32 heavy (non-hydrogen) atoms. The van der Waals surface area contributed by atoms with E-state index in [0.29, 0.717) is 5.69 Å². The molecule has 0 saturated heterocycles. The molecule has 0 spiro atoms. The lowest BCUT2D eigenvalue weighted by Gasteiger charge is -2.07. The molecule has 0 radical (unpaired) electrons. The number of sulfonamides is 1. The third-order valence-corrected chi connectivity index (χ3v) is 6.25. The Kier molecular flexibility index (Phi) is 5.04. The number of nitrogens with one attached hydrogen (secondary N) is 1. The Morgan fingerprint density at radius 3 is 1.97 bits per heavy atom. The summed E-state index contributed by atoms with van der Waals surface area (Å²) in [6.45, 7) is 0. The van der Waals surface area contributed by atoms with E-state index in [2.05, 4.69) is 19.7 Å². The van der Waals surface area contributed by atoms with Gasteiger partial charge in [-0.1, -0.05) is 36.4 Å². The van der Waals surface area contributed by atoms with Crippen LogP contribution in [0.2, 0.25) is 0 Å². The quantitative estimate of drug-likeness (QED) is 0.315. The summed E-state index contributed by atoms with van der Waals surface area (Å²) in [6.07, 6.45) is 4.73. The second-order valence-corrected chi connectivity index (χ2v) is 8.67. The highest BCUT2D eigenvalue weighted by Gasteiger charge is 2.15. The first-order chi connectivity index (χ1) is 15.6. The summed E-state index contributed by atoms with van der Waals surface area (Å²) in [5.74, 6) is 0.0195. The van der Waals surface area contributed by atoms with E-state index in [4.69, 9.17) is 4.98 Å². The molecule has 7 nitrogen and oxygen atoms in total. The van der Waals surface area contributed by atoms with E-state index < -0.39 is 10.0 Å². The van der Waals surface area contributed by atoms with Crippen LogP contribution >= 0.6 is 0 Å². The van der Waals surface area contributed by atoms with Crippen LogP contribution in [0.4, 0.5) is 11.6 Å². The fourth-order valence-electron chi connectivity index (χ4n) is 3.39. The maximum atomic E-state index is 12.5. The molecule has 2 heterocycles. The number of aromatic nitrogens is 3. The normalized spacial score (nSPS) is 11.9. The fraction of sp³-hybridized carbons (Fsp3) is 0. The van der Waals surface area contributed by atoms with Gasteiger partial charge in [-0.3, -0.25) is 4.99 Å². The highest BCUT2D eigenvalue weighted by Crippen LogP contribution is 2.25. The SMILES string of the molecule is O=S(=O)(Nc1ncccn1)c1ccc(N=Cc2c3ccccc3nc3ccccc23)cc1. The molecule has 2 aromatic heterocycles. The van der Waals surface area contributed by atoms with Crippen LogP contribution < -0.4 is 4.72 Å². The van der Waals surface area contributed by atoms with E-state index >= 15 is 0 Å². The van der Waals surface area contributed by atoms with Crippen molar-refractivity contribution in [3.8, 4) is 0 Å². The van der Waals surface area contributed by atoms with Crippen molar-refractivity contribution in [2.75, 3.05) is 4.72 Å². The molecule has 8 heteroatoms. The number of rotatable bonds is 5. The molecule has 0 atom stereocenters. The first-order valence-electron chi connectivity index (χ1n) is 9.82. The van der Waals surface area contributed by atoms with Gasteiger partial charge in [0, 0.05) is 34.9 Å². The maximum Gasteiger partial charge on any atom is 0.264 e. The Bertz CT molecular complexity index is 1500. The summed E-state index contributed by atoms with van der Waals surface area (Å²) in [5.41, 5.74) is 3.38. The minimum atomic E-state index is -3.79. The van der Waals surface area contributed by atoms with Crippen LogP contribution in [0.1, 0.15) is 5.56 Å². The van der Waals surface area contributed by atoms with Gasteiger partial charge in [0.25, 0.3) is 10.0 Å². The van der Waals surface area contributed by atoms with E-state index in [1.807, 2.05) is 48.5 Å². The number of anilines is 1. The summed E-state index contributed by atoms with van der Waals surface area (Å²) < 4.78 is 27.5. The van der Waals surface area contributed by atoms with Gasteiger partial charge in [-0.05, 0) is 42.5 Å². The molecule has 0 amide bonds. The molecule has 3 aromatic carbocycles. The summed E-state index contributed by atoms with van der Waals surface area (Å²) in [5, 5.41) is 2.00. The molecule has 0 aliphatic rings. The van der Waals surface area contributed by atoms with Crippen LogP contribution in [0.5, 0.6) is 0 Å². The van der Waals surface area contributed by atoms with Gasteiger partial charge in [-0.15, -0.1) is 0 Å². The fourth-order valence-corrected chi connectivity index (χ4v) is 4.35. The molecular formula is C24H17N5O2S. The first kappa shape index (κ1) is 19.8. The lowest BCUT2D eigenvalue weighted by Crippen LogP contribution is -2.14. The number of fused-ring (bicyclic) bond motifs is 2. The second kappa shape index (κ2) is 8.16. The van der Waals surface area contributed by atoms with Crippen LogP contribution in [0, 0.1) is 0 Å². The van der Waals surface area contributed by atoms with Gasteiger partial charge >= 0.3 is 0 Å². The van der Waals surface area contributed by atoms with Crippen LogP contribution in [-0.4, -0.2) is 29.6 Å². The van der Waals surface area contributed by atoms with Crippen molar-refractivity contribution in [2.24, 2.45) is 4.99 Å². The van der Waals surface area contributed by atoms with Crippen molar-refractivity contribution in [2.45, 2.75) is 4.90 Å². The molecule has 0 aliphatic heterocycles. The summed E-state index contributed by atoms with van der Waals surface area (Å²) in [6, 6.07) is 23.8. The Labute approximate surface area is 184 Å². The van der Waals surface area contributed by atoms with Crippen LogP contribution in [0.3, 0.4) is 0 Å². The Morgan fingerprint density at radius 1 is 0.750 bits per heavy atom. The summed E-state index contributed by atoms with van der Waals surface area (Å²) >= 11 is 0. The van der Waals surface area contributed by atoms with Gasteiger partial charge in [0.2, 0.25) is 5.95 Å². The zero-order chi connectivity index (χ0) is 22.0. The topological polar surface area (TPSA) is 97.2 Å². The summed E-state index contributed by atoms with van der Waals surface area (Å²) in [7, 11) is -3.79. The molecule has 1 N–H and O–H groups in total. The Balaban J connectivity index is 1.47. The molecular weight excluding hydrogens is 422 g/mol. The van der Waals surface area contributed by atoms with Crippen molar-refractivity contribution in [3.63, 3.8) is 0 Å². The van der Waals surface area contributed by atoms with E-state index in [1.165, 1.54) is 24.5 Å². The molecule has 0 saturated carbocycles. The lowest BCUT2D eigenvalue weighted by atomic mass is 10.0. The van der Waals surface area contributed by atoms with Crippen LogP contribution in [0.15, 0.2) is 101 Å². The number of pyridine rings is 1. The zero-order valence-corrected chi connectivity index (χ0v) is 17.6. The lowest BCUT2D eigenvalue weighted by molar-refractivity contribution is 0.601. The number of aliphatic imine (C=N–C) groups is 1. The number of para-hydroxylation sites is 2. The largest absolute Gasteiger partial charge is 0.264 e. The number of hydrogen-bond donors (Lipinski definition) is 1. The molecule has 5 rings (SSSR count). The average Bonchev–Trinajstić information content (AvgIpc) is 2.82. The first-order valence-corrected chi connectivity index (χ1v) is 11.3. The molecule has 156 valence electrons. The predicted octanol–water partition coefficient (Wildman–Crippen LogP) is 4.73. The average molecular weight is 440 g/mol. The minimum absolute atomic E-state index is 0.0195. The molecule has 5 aromatic rings. The number of benzene rings is 3. The molecule has 0 aliphatic carbocycles. The van der Waals surface area contributed by atoms with Gasteiger partial charge in [0.15, 0.2) is 0 Å². The van der Waals surface area contributed by atoms with Crippen molar-refractivity contribution in [1.29, 1.82) is 0 Å². The third-order valence-electron chi connectivity index (χ3n) is 4.91. The molecule has 0 unspecified atom stereocenters. The number of hydrogen-bond acceptors (Lipinski definition) is 6. The van der Waals surface area contributed by atoms with Gasteiger partial charge in [0.05, 0.1) is 21.6 Å². The van der Waals surface area contributed by atoms with Crippen molar-refractivity contribution in [3.05, 3.63) is 96.8 Å². The highest BCUT2D eigenvalue weighted by molar-refractivity contribution is 7.92. The standard InChI is InChI=1S/C24H17N5O2S/c30-32(31,29-24-25-14-5-15-26-24)18-12-10-17(11-13-18)27-16-21-19-6-1-3-8-22(19)28-23-9-4-2-7-20(21)23/h1-16H,(H,25,26,29). The Morgan fingerprint density at radius 2 is 1.34 bits per heavy atom. The summed E-state index contributed by atoms with van der Waals surface area (Å²) in [4.78, 5) is 17.2. The van der Waals surface area contributed by atoms with Crippen molar-refractivity contribution >= 4 is 49.7 Å². The number of nitrogens with zero attached hydrogens (tertiary/aromatic N) is 4. The van der Waals surface area contributed by atoms with Gasteiger partial charge in [0.1, 0.15) is 0 Å². The van der Waals surface area contributed by atoms with Gasteiger partial charge < -0.3 is 0 Å². The Hall–Kier alpha value is -4.17. The van der Waals surface area contributed by atoms with Crippen LogP contribution in [-0.2, 0) is 10.0 Å². The van der Waals surface area contributed by atoms with E-state index in [1.54, 1.807) is 24.4 Å². The zero-order valence-electron chi connectivity index (χ0n) is 16.8. The van der Waals surface area contributed by atoms with Crippen molar-refractivity contribution < 1.29 is 8.42 Å². The van der Waals surface area contributed by atoms with E-state index in [0.717, 1.165) is 27.4 Å². The smallest absolute Gasteiger partial charge is 0.256 e. The predicted molar refractivity (Wildman–Crippen MR) is 126 cm³/mol.